The van der Waals surface area contributed by atoms with E-state index in [0.29, 0.717) is 53.6 Å². The number of esters is 2. The fourth-order valence-corrected chi connectivity index (χ4v) is 8.98. The van der Waals surface area contributed by atoms with E-state index in [-0.39, 0.29) is 34.6 Å². The smallest absolute Gasteiger partial charge is 0.427 e. The lowest BCUT2D eigenvalue weighted by Gasteiger charge is -2.25. The fourth-order valence-electron chi connectivity index (χ4n) is 8.98. The van der Waals surface area contributed by atoms with E-state index in [1.807, 2.05) is 78.9 Å². The molecule has 2 aliphatic rings. The largest absolute Gasteiger partial charge is 0.506 e. The first-order valence-electron chi connectivity index (χ1n) is 23.7. The Morgan fingerprint density at radius 2 is 1.26 bits per heavy atom. The summed E-state index contributed by atoms with van der Waals surface area (Å²) in [6.45, 7) is 4.70. The van der Waals surface area contributed by atoms with Gasteiger partial charge in [0.05, 0.1) is 40.8 Å². The number of nitrogens with zero attached hydrogens (tertiary/aromatic N) is 1. The number of rotatable bonds is 21. The second kappa shape index (κ2) is 21.5. The van der Waals surface area contributed by atoms with Crippen molar-refractivity contribution in [2.75, 3.05) is 29.4 Å². The molecule has 0 saturated carbocycles. The van der Waals surface area contributed by atoms with Gasteiger partial charge in [-0.05, 0) is 65.5 Å². The third-order valence-electron chi connectivity index (χ3n) is 12.7. The van der Waals surface area contributed by atoms with Crippen molar-refractivity contribution in [2.24, 2.45) is 4.90 Å². The van der Waals surface area contributed by atoms with Crippen LogP contribution in [0.3, 0.4) is 0 Å². The van der Waals surface area contributed by atoms with Crippen molar-refractivity contribution in [1.29, 1.82) is 0 Å². The van der Waals surface area contributed by atoms with E-state index in [4.69, 9.17) is 20.1 Å². The van der Waals surface area contributed by atoms with E-state index in [1.54, 1.807) is 30.3 Å². The number of nitrogens with one attached hydrogen (secondary N) is 2. The molecule has 5 N–H and O–H groups in total. The van der Waals surface area contributed by atoms with Gasteiger partial charge in [-0.3, -0.25) is 4.79 Å². The number of carbonyl (C=O) groups is 3. The summed E-state index contributed by atoms with van der Waals surface area (Å²) in [6, 6.07) is 33.9. The molecular weight excluding hydrogens is 822 g/mol. The van der Waals surface area contributed by atoms with Crippen LogP contribution in [0, 0.1) is 0 Å². The number of ketones is 1. The zero-order chi connectivity index (χ0) is 46.0. The van der Waals surface area contributed by atoms with E-state index < -0.39 is 6.98 Å². The average molecular weight is 881 g/mol. The van der Waals surface area contributed by atoms with Crippen molar-refractivity contribution >= 4 is 92.8 Å². The Hall–Kier alpha value is -6.81. The normalized spacial score (nSPS) is 13.8. The Balaban J connectivity index is 1.01. The highest BCUT2D eigenvalue weighted by Crippen LogP contribution is 2.42. The number of fused-ring (bicyclic) bond motifs is 1. The monoisotopic (exact) mass is 880 g/mol. The summed E-state index contributed by atoms with van der Waals surface area (Å²) in [5.41, 5.74) is 12.5. The number of Topliss-reactive ketones (excluding diaryl/α,β-unsaturated/α-hetero) is 1. The van der Waals surface area contributed by atoms with Gasteiger partial charge in [0.25, 0.3) is 7.41 Å². The number of allylic oxidation sites excluding steroid dienone is 2. The van der Waals surface area contributed by atoms with Gasteiger partial charge in [-0.2, -0.15) is 0 Å². The minimum Gasteiger partial charge on any atom is -0.506 e. The Morgan fingerprint density at radius 3 is 1.89 bits per heavy atom. The lowest BCUT2D eigenvalue weighted by Crippen LogP contribution is -2.46. The first-order valence-corrected chi connectivity index (χ1v) is 23.7. The van der Waals surface area contributed by atoms with E-state index >= 15 is 0 Å². The Morgan fingerprint density at radius 1 is 0.682 bits per heavy atom. The van der Waals surface area contributed by atoms with Crippen LogP contribution in [0.2, 0.25) is 0 Å². The van der Waals surface area contributed by atoms with E-state index in [9.17, 15) is 19.5 Å². The lowest BCUT2D eigenvalue weighted by atomic mass is 9.67. The van der Waals surface area contributed by atoms with Crippen molar-refractivity contribution in [3.8, 4) is 0 Å². The van der Waals surface area contributed by atoms with Gasteiger partial charge in [0.1, 0.15) is 5.76 Å². The van der Waals surface area contributed by atoms with Gasteiger partial charge >= 0.3 is 18.9 Å². The fraction of sp³-hybridized carbons (Fsp3) is 0.296. The summed E-state index contributed by atoms with van der Waals surface area (Å²) < 4.78 is 11.1. The first kappa shape index (κ1) is 45.7. The lowest BCUT2D eigenvalue weighted by molar-refractivity contribution is -0.109. The summed E-state index contributed by atoms with van der Waals surface area (Å²) in [7, 11) is 0.461. The summed E-state index contributed by atoms with van der Waals surface area (Å²) in [5.74, 6) is -1.12. The quantitative estimate of drug-likeness (QED) is 0.0241. The molecule has 0 amide bonds. The van der Waals surface area contributed by atoms with Crippen LogP contribution >= 0.6 is 0 Å². The molecule has 1 aliphatic carbocycles. The molecule has 66 heavy (non-hydrogen) atoms. The summed E-state index contributed by atoms with van der Waals surface area (Å²) in [5, 5.41) is 23.4. The molecule has 0 radical (unpaired) electrons. The zero-order valence-electron chi connectivity index (χ0n) is 38.1. The second-order valence-electron chi connectivity index (χ2n) is 17.4. The number of anilines is 3. The van der Waals surface area contributed by atoms with Crippen LogP contribution in [0.25, 0.3) is 32.7 Å². The number of nitrogen functional groups attached to an aromatic ring is 1. The molecule has 6 aromatic carbocycles. The number of carbonyl (C=O) groups excluding carboxylic acids is 3. The van der Waals surface area contributed by atoms with Crippen LogP contribution in [0.5, 0.6) is 0 Å². The van der Waals surface area contributed by atoms with Gasteiger partial charge in [-0.15, -0.1) is 0 Å². The highest BCUT2D eigenvalue weighted by atomic mass is 16.5. The SMILES string of the molecule is CCCCCCCCOC(=O)c1ccc(BNc2cccc3ccc(C4=C(O)/C(=c5\ccc6cccc7c6c5=NB(c5ccc(C(=O)OCCCCCCCC)cc5)N7)C4=O)c(N)c23)cc1. The minimum atomic E-state index is -0.518. The second-order valence-corrected chi connectivity index (χ2v) is 17.4. The maximum absolute atomic E-state index is 14.3. The molecule has 0 bridgehead atoms. The van der Waals surface area contributed by atoms with Crippen molar-refractivity contribution in [2.45, 2.75) is 90.9 Å². The topological polar surface area (TPSA) is 152 Å². The molecule has 1 heterocycles. The summed E-state index contributed by atoms with van der Waals surface area (Å²) in [4.78, 5) is 44.9. The van der Waals surface area contributed by atoms with Gasteiger partial charge in [0.15, 0.2) is 0 Å². The van der Waals surface area contributed by atoms with Crippen molar-refractivity contribution < 1.29 is 29.0 Å². The number of aliphatic hydroxyl groups excluding tert-OH is 1. The molecule has 0 aromatic heterocycles. The highest BCUT2D eigenvalue weighted by Gasteiger charge is 2.37. The summed E-state index contributed by atoms with van der Waals surface area (Å²) in [6.07, 6.45) is 13.5. The Bertz CT molecular complexity index is 2920. The molecule has 336 valence electrons. The molecule has 0 fully saturated rings. The molecule has 12 heteroatoms. The number of hydrogen-bond acceptors (Lipinski definition) is 10. The van der Waals surface area contributed by atoms with Crippen LogP contribution in [0.4, 0.5) is 17.1 Å². The molecule has 8 rings (SSSR count). The molecule has 10 nitrogen and oxygen atoms in total. The van der Waals surface area contributed by atoms with E-state index in [1.165, 1.54) is 44.9 Å². The maximum atomic E-state index is 14.3. The van der Waals surface area contributed by atoms with Crippen LogP contribution in [0.15, 0.2) is 120 Å². The molecule has 0 unspecified atom stereocenters. The number of ether oxygens (including phenoxy) is 2. The molecule has 0 saturated heterocycles. The molecule has 6 aromatic rings. The van der Waals surface area contributed by atoms with Crippen LogP contribution in [0.1, 0.15) is 117 Å². The van der Waals surface area contributed by atoms with Crippen LogP contribution < -0.4 is 37.7 Å². The molecular formula is C54H58B2N4O6. The number of aliphatic hydroxyl groups is 1. The van der Waals surface area contributed by atoms with Crippen molar-refractivity contribution in [3.63, 3.8) is 0 Å². The number of unbranched alkanes of at least 4 members (excludes halogenated alkanes) is 10. The van der Waals surface area contributed by atoms with Gasteiger partial charge in [-0.1, -0.05) is 156 Å². The maximum Gasteiger partial charge on any atom is 0.427 e. The molecule has 0 spiro atoms. The summed E-state index contributed by atoms with van der Waals surface area (Å²) >= 11 is 0. The average Bonchev–Trinajstić information content (AvgIpc) is 3.34. The van der Waals surface area contributed by atoms with Crippen LogP contribution in [-0.2, 0) is 14.3 Å². The van der Waals surface area contributed by atoms with Crippen molar-refractivity contribution in [3.05, 3.63) is 142 Å². The van der Waals surface area contributed by atoms with Crippen molar-refractivity contribution in [1.82, 2.24) is 0 Å². The van der Waals surface area contributed by atoms with Gasteiger partial charge in [-0.25, -0.2) is 9.59 Å². The molecule has 0 atom stereocenters. The third kappa shape index (κ3) is 10.0. The van der Waals surface area contributed by atoms with Gasteiger partial charge in [0.2, 0.25) is 5.78 Å². The third-order valence-corrected chi connectivity index (χ3v) is 12.7. The van der Waals surface area contributed by atoms with Gasteiger partial charge < -0.3 is 35.7 Å². The predicted octanol–water partition coefficient (Wildman–Crippen LogP) is 8.84. The molecule has 1 aliphatic heterocycles. The van der Waals surface area contributed by atoms with E-state index in [0.717, 1.165) is 75.9 Å². The standard InChI is InChI=1S/C54H58B2N4O6/c1-3-5-7-9-11-13-33-65-53(63)37-21-27-39(28-22-37)55-58-43-19-15-17-35-25-31-41(49(57)45(35)43)47-51(61)48(52(47)62)42-32-26-36-18-16-20-44-46(36)50(42)60-56(59-44)40-29-23-38(24-30-40)54(64)66-34-14-12-10-8-6-4-2/h15-32,55,58-59,61H,3-14,33-34,57H2,1-2H3/b48-42-. The predicted molar refractivity (Wildman–Crippen MR) is 271 cm³/mol. The van der Waals surface area contributed by atoms with E-state index in [2.05, 4.69) is 24.3 Å². The van der Waals surface area contributed by atoms with Gasteiger partial charge in [0, 0.05) is 38.6 Å². The minimum absolute atomic E-state index is 0.135. The number of hydrogen-bond donors (Lipinski definition) is 4. The Kier molecular flexibility index (Phi) is 14.9. The zero-order valence-corrected chi connectivity index (χ0v) is 38.1. The number of benzene rings is 6. The van der Waals surface area contributed by atoms with Crippen LogP contribution in [-0.4, -0.2) is 50.4 Å². The number of nitrogens with two attached hydrogens (primary N) is 1. The first-order chi connectivity index (χ1) is 32.3. The highest BCUT2D eigenvalue weighted by molar-refractivity contribution is 6.75. The Labute approximate surface area is 387 Å².